The smallest absolute Gasteiger partial charge is 0.112 e. The number of hydrogen-bond donors (Lipinski definition) is 1. The molecule has 4 bridgehead atoms. The standard InChI is InChI=1S/C25H35NO2/c26-9-7-17-3-5-20(6-4-17)21-2-1-8-24(15-21)16-25(28-27-24)22-11-18-10-19(13-22)14-23(25)12-18/h3-6,18-19,21-23H,1-2,7-16,26H2/t18?,19?,21?,22?,23?,24-,25?/m1/s1. The summed E-state index contributed by atoms with van der Waals surface area (Å²) in [5, 5.41) is 0. The van der Waals surface area contributed by atoms with Crippen molar-refractivity contribution in [3.05, 3.63) is 35.4 Å². The van der Waals surface area contributed by atoms with Crippen LogP contribution in [0.25, 0.3) is 0 Å². The Balaban J connectivity index is 1.21. The molecule has 6 aliphatic rings. The van der Waals surface area contributed by atoms with Crippen LogP contribution in [-0.4, -0.2) is 17.7 Å². The molecular weight excluding hydrogens is 346 g/mol. The van der Waals surface area contributed by atoms with Crippen LogP contribution in [0, 0.1) is 23.7 Å². The Morgan fingerprint density at radius 1 is 0.929 bits per heavy atom. The third-order valence-electron chi connectivity index (χ3n) is 9.18. The highest BCUT2D eigenvalue weighted by atomic mass is 17.2. The van der Waals surface area contributed by atoms with Gasteiger partial charge >= 0.3 is 0 Å². The van der Waals surface area contributed by atoms with E-state index in [0.717, 1.165) is 49.5 Å². The van der Waals surface area contributed by atoms with Crippen LogP contribution in [0.15, 0.2) is 24.3 Å². The van der Waals surface area contributed by atoms with Crippen LogP contribution in [0.1, 0.15) is 81.3 Å². The highest BCUT2D eigenvalue weighted by Gasteiger charge is 2.65. The van der Waals surface area contributed by atoms with Crippen LogP contribution < -0.4 is 5.73 Å². The molecule has 28 heavy (non-hydrogen) atoms. The molecule has 5 aliphatic carbocycles. The van der Waals surface area contributed by atoms with Crippen molar-refractivity contribution in [3.63, 3.8) is 0 Å². The van der Waals surface area contributed by atoms with E-state index in [9.17, 15) is 0 Å². The molecule has 3 heteroatoms. The first kappa shape index (κ1) is 17.9. The second kappa shape index (κ2) is 6.55. The summed E-state index contributed by atoms with van der Waals surface area (Å²) < 4.78 is 0. The molecule has 0 amide bonds. The predicted octanol–water partition coefficient (Wildman–Crippen LogP) is 5.13. The summed E-state index contributed by atoms with van der Waals surface area (Å²) in [5.41, 5.74) is 8.56. The van der Waals surface area contributed by atoms with Crippen LogP contribution in [0.4, 0.5) is 0 Å². The molecule has 1 aromatic rings. The maximum atomic E-state index is 6.43. The normalized spacial score (nSPS) is 46.7. The topological polar surface area (TPSA) is 44.5 Å². The van der Waals surface area contributed by atoms with Gasteiger partial charge < -0.3 is 5.73 Å². The molecule has 6 fully saturated rings. The van der Waals surface area contributed by atoms with Crippen molar-refractivity contribution in [3.8, 4) is 0 Å². The first-order valence-electron chi connectivity index (χ1n) is 11.8. The van der Waals surface area contributed by atoms with E-state index in [1.54, 1.807) is 0 Å². The summed E-state index contributed by atoms with van der Waals surface area (Å²) >= 11 is 0. The number of benzene rings is 1. The maximum absolute atomic E-state index is 6.43. The molecule has 1 aromatic carbocycles. The zero-order valence-electron chi connectivity index (χ0n) is 17.1. The molecular formula is C25H35NO2. The Morgan fingerprint density at radius 2 is 1.64 bits per heavy atom. The lowest BCUT2D eigenvalue weighted by molar-refractivity contribution is -0.385. The lowest BCUT2D eigenvalue weighted by atomic mass is 9.48. The Kier molecular flexibility index (Phi) is 4.19. The summed E-state index contributed by atoms with van der Waals surface area (Å²) in [7, 11) is 0. The van der Waals surface area contributed by atoms with Crippen LogP contribution in [0.2, 0.25) is 0 Å². The van der Waals surface area contributed by atoms with Crippen LogP contribution in [0.5, 0.6) is 0 Å². The monoisotopic (exact) mass is 381 g/mol. The molecule has 152 valence electrons. The molecule has 7 rings (SSSR count). The van der Waals surface area contributed by atoms with Gasteiger partial charge in [0.2, 0.25) is 0 Å². The van der Waals surface area contributed by atoms with Gasteiger partial charge in [0.1, 0.15) is 11.2 Å². The maximum Gasteiger partial charge on any atom is 0.112 e. The van der Waals surface area contributed by atoms with Gasteiger partial charge in [-0.15, -0.1) is 0 Å². The van der Waals surface area contributed by atoms with Crippen molar-refractivity contribution >= 4 is 0 Å². The molecule has 2 spiro atoms. The van der Waals surface area contributed by atoms with E-state index < -0.39 is 0 Å². The van der Waals surface area contributed by atoms with E-state index in [-0.39, 0.29) is 11.2 Å². The van der Waals surface area contributed by atoms with E-state index >= 15 is 0 Å². The average Bonchev–Trinajstić information content (AvgIpc) is 3.06. The molecule has 2 atom stereocenters. The molecule has 1 unspecified atom stereocenters. The van der Waals surface area contributed by atoms with E-state index in [1.165, 1.54) is 62.5 Å². The van der Waals surface area contributed by atoms with Crippen molar-refractivity contribution in [1.82, 2.24) is 0 Å². The van der Waals surface area contributed by atoms with Gasteiger partial charge in [-0.05, 0) is 111 Å². The fourth-order valence-electron chi connectivity index (χ4n) is 8.10. The largest absolute Gasteiger partial charge is 0.330 e. The van der Waals surface area contributed by atoms with Crippen molar-refractivity contribution in [1.29, 1.82) is 0 Å². The fraction of sp³-hybridized carbons (Fsp3) is 0.760. The third-order valence-corrected chi connectivity index (χ3v) is 9.18. The lowest BCUT2D eigenvalue weighted by Crippen LogP contribution is -2.58. The molecule has 1 aliphatic heterocycles. The van der Waals surface area contributed by atoms with Gasteiger partial charge in [0.15, 0.2) is 0 Å². The quantitative estimate of drug-likeness (QED) is 0.738. The van der Waals surface area contributed by atoms with Crippen LogP contribution in [-0.2, 0) is 16.2 Å². The van der Waals surface area contributed by atoms with Gasteiger partial charge in [-0.3, -0.25) is 0 Å². The van der Waals surface area contributed by atoms with Gasteiger partial charge in [-0.2, -0.15) is 0 Å². The zero-order chi connectivity index (χ0) is 18.8. The van der Waals surface area contributed by atoms with Crippen LogP contribution >= 0.6 is 0 Å². The van der Waals surface area contributed by atoms with Gasteiger partial charge in [0, 0.05) is 6.42 Å². The highest BCUT2D eigenvalue weighted by molar-refractivity contribution is 5.27. The first-order valence-corrected chi connectivity index (χ1v) is 11.8. The van der Waals surface area contributed by atoms with Crippen LogP contribution in [0.3, 0.4) is 0 Å². The summed E-state index contributed by atoms with van der Waals surface area (Å²) in [6, 6.07) is 9.22. The summed E-state index contributed by atoms with van der Waals surface area (Å²) in [5.74, 6) is 4.10. The summed E-state index contributed by atoms with van der Waals surface area (Å²) in [6.45, 7) is 0.725. The van der Waals surface area contributed by atoms with E-state index in [1.807, 2.05) is 0 Å². The summed E-state index contributed by atoms with van der Waals surface area (Å²) in [4.78, 5) is 12.8. The van der Waals surface area contributed by atoms with Crippen molar-refractivity contribution in [2.75, 3.05) is 6.54 Å². The van der Waals surface area contributed by atoms with E-state index in [4.69, 9.17) is 15.5 Å². The second-order valence-corrected chi connectivity index (χ2v) is 10.9. The predicted molar refractivity (Wildman–Crippen MR) is 110 cm³/mol. The van der Waals surface area contributed by atoms with Gasteiger partial charge in [0.05, 0.1) is 0 Å². The van der Waals surface area contributed by atoms with Crippen molar-refractivity contribution in [2.24, 2.45) is 29.4 Å². The SMILES string of the molecule is NCCc1ccc(C2CCC[C@@]3(C2)CC2(OO3)C3CC4CC(C3)CC2C4)cc1. The molecule has 1 saturated heterocycles. The van der Waals surface area contributed by atoms with Crippen molar-refractivity contribution < 1.29 is 9.78 Å². The van der Waals surface area contributed by atoms with Gasteiger partial charge in [0.25, 0.3) is 0 Å². The second-order valence-electron chi connectivity index (χ2n) is 10.9. The number of rotatable bonds is 3. The zero-order valence-corrected chi connectivity index (χ0v) is 17.1. The minimum atomic E-state index is -0.0335. The summed E-state index contributed by atoms with van der Waals surface area (Å²) in [6.07, 6.45) is 14.1. The molecule has 1 heterocycles. The number of hydrogen-bond acceptors (Lipinski definition) is 3. The van der Waals surface area contributed by atoms with Gasteiger partial charge in [-0.25, -0.2) is 9.78 Å². The highest BCUT2D eigenvalue weighted by Crippen LogP contribution is 2.65. The lowest BCUT2D eigenvalue weighted by Gasteiger charge is -2.58. The first-order chi connectivity index (χ1) is 13.7. The fourth-order valence-corrected chi connectivity index (χ4v) is 8.10. The molecule has 0 radical (unpaired) electrons. The Morgan fingerprint density at radius 3 is 2.32 bits per heavy atom. The molecule has 3 nitrogen and oxygen atoms in total. The average molecular weight is 382 g/mol. The Bertz CT molecular complexity index is 701. The van der Waals surface area contributed by atoms with Crippen molar-refractivity contribution in [2.45, 2.75) is 87.7 Å². The molecule has 2 N–H and O–H groups in total. The van der Waals surface area contributed by atoms with E-state index in [0.29, 0.717) is 5.92 Å². The molecule has 5 saturated carbocycles. The minimum Gasteiger partial charge on any atom is -0.330 e. The Hall–Kier alpha value is -0.900. The Labute approximate surface area is 169 Å². The molecule has 0 aromatic heterocycles. The van der Waals surface area contributed by atoms with Gasteiger partial charge in [-0.1, -0.05) is 24.3 Å². The third kappa shape index (κ3) is 2.73. The van der Waals surface area contributed by atoms with E-state index in [2.05, 4.69) is 24.3 Å². The number of nitrogens with two attached hydrogens (primary N) is 1. The minimum absolute atomic E-state index is 0.0335.